The van der Waals surface area contributed by atoms with Gasteiger partial charge in [0.15, 0.2) is 0 Å². The molecule has 0 aliphatic rings. The number of carbonyl (C=O) groups excluding carboxylic acids is 1. The van der Waals surface area contributed by atoms with Crippen molar-refractivity contribution in [1.29, 1.82) is 0 Å². The van der Waals surface area contributed by atoms with Crippen molar-refractivity contribution >= 4 is 5.97 Å². The van der Waals surface area contributed by atoms with E-state index in [1.54, 1.807) is 6.08 Å². The summed E-state index contributed by atoms with van der Waals surface area (Å²) >= 11 is 0. The van der Waals surface area contributed by atoms with Gasteiger partial charge < -0.3 is 20.1 Å². The summed E-state index contributed by atoms with van der Waals surface area (Å²) in [6.07, 6.45) is 10.3. The van der Waals surface area contributed by atoms with Crippen molar-refractivity contribution in [3.05, 3.63) is 12.2 Å². The van der Waals surface area contributed by atoms with Crippen LogP contribution in [0.3, 0.4) is 0 Å². The Labute approximate surface area is 146 Å². The molecule has 3 atom stereocenters. The Morgan fingerprint density at radius 2 is 1.54 bits per heavy atom. The normalized spacial score (nSPS) is 15.4. The van der Waals surface area contributed by atoms with Gasteiger partial charge in [0.05, 0.1) is 25.4 Å². The Morgan fingerprint density at radius 1 is 0.917 bits per heavy atom. The van der Waals surface area contributed by atoms with Gasteiger partial charge >= 0.3 is 5.97 Å². The highest BCUT2D eigenvalue weighted by molar-refractivity contribution is 5.68. The standard InChI is InChI=1S/C19H36O5/c1-3-4-8-12-17(21)18(22)15-14-16(20)11-9-6-5-7-10-13-19(23)24-2/h14-18,20-22H,3-13H2,1-2H3/b15-14+/t16-,17-,18+/m1/s1. The number of ether oxygens (including phenoxy) is 1. The van der Waals surface area contributed by atoms with Crippen molar-refractivity contribution in [2.24, 2.45) is 0 Å². The molecular weight excluding hydrogens is 308 g/mol. The van der Waals surface area contributed by atoms with Gasteiger partial charge in [0.1, 0.15) is 0 Å². The lowest BCUT2D eigenvalue weighted by Crippen LogP contribution is -2.24. The fraction of sp³-hybridized carbons (Fsp3) is 0.842. The molecule has 5 heteroatoms. The average molecular weight is 344 g/mol. The van der Waals surface area contributed by atoms with Crippen LogP contribution in [0.4, 0.5) is 0 Å². The molecule has 0 bridgehead atoms. The molecule has 0 aliphatic carbocycles. The Bertz CT molecular complexity index is 330. The van der Waals surface area contributed by atoms with Gasteiger partial charge in [0.25, 0.3) is 0 Å². The monoisotopic (exact) mass is 344 g/mol. The summed E-state index contributed by atoms with van der Waals surface area (Å²) in [5.41, 5.74) is 0. The summed E-state index contributed by atoms with van der Waals surface area (Å²) in [7, 11) is 1.40. The van der Waals surface area contributed by atoms with Gasteiger partial charge in [0.2, 0.25) is 0 Å². The second kappa shape index (κ2) is 15.6. The SMILES string of the molecule is CCCCC[C@@H](O)[C@@H](O)/C=C/[C@H](O)CCCCCCCC(=O)OC. The third-order valence-electron chi connectivity index (χ3n) is 4.14. The van der Waals surface area contributed by atoms with Gasteiger partial charge in [-0.05, 0) is 19.3 Å². The highest BCUT2D eigenvalue weighted by Crippen LogP contribution is 2.11. The first-order valence-corrected chi connectivity index (χ1v) is 9.30. The maximum atomic E-state index is 10.9. The highest BCUT2D eigenvalue weighted by Gasteiger charge is 2.13. The van der Waals surface area contributed by atoms with Crippen LogP contribution in [0.15, 0.2) is 12.2 Å². The van der Waals surface area contributed by atoms with Crippen LogP contribution < -0.4 is 0 Å². The number of aliphatic hydroxyl groups is 3. The molecule has 0 fully saturated rings. The lowest BCUT2D eigenvalue weighted by Gasteiger charge is -2.14. The van der Waals surface area contributed by atoms with Crippen molar-refractivity contribution in [2.45, 2.75) is 95.9 Å². The number of esters is 1. The van der Waals surface area contributed by atoms with Crippen LogP contribution in [0.1, 0.15) is 77.6 Å². The summed E-state index contributed by atoms with van der Waals surface area (Å²) in [6.45, 7) is 2.10. The minimum Gasteiger partial charge on any atom is -0.469 e. The number of methoxy groups -OCH3 is 1. The van der Waals surface area contributed by atoms with Crippen molar-refractivity contribution in [3.8, 4) is 0 Å². The van der Waals surface area contributed by atoms with Gasteiger partial charge in [-0.1, -0.05) is 64.0 Å². The smallest absolute Gasteiger partial charge is 0.305 e. The van der Waals surface area contributed by atoms with Gasteiger partial charge in [-0.15, -0.1) is 0 Å². The maximum Gasteiger partial charge on any atom is 0.305 e. The lowest BCUT2D eigenvalue weighted by atomic mass is 10.0. The third-order valence-corrected chi connectivity index (χ3v) is 4.14. The minimum atomic E-state index is -0.908. The van der Waals surface area contributed by atoms with E-state index in [0.29, 0.717) is 19.3 Å². The molecule has 0 unspecified atom stereocenters. The molecule has 0 saturated heterocycles. The number of carbonyl (C=O) groups is 1. The van der Waals surface area contributed by atoms with E-state index < -0.39 is 18.3 Å². The molecule has 0 rings (SSSR count). The number of unbranched alkanes of at least 4 members (excludes halogenated alkanes) is 6. The largest absolute Gasteiger partial charge is 0.469 e. The zero-order chi connectivity index (χ0) is 18.2. The van der Waals surface area contributed by atoms with E-state index in [0.717, 1.165) is 51.4 Å². The van der Waals surface area contributed by atoms with E-state index in [1.165, 1.54) is 13.2 Å². The summed E-state index contributed by atoms with van der Waals surface area (Å²) < 4.78 is 4.58. The highest BCUT2D eigenvalue weighted by atomic mass is 16.5. The molecular formula is C19H36O5. The molecule has 5 nitrogen and oxygen atoms in total. The third kappa shape index (κ3) is 13.5. The molecule has 142 valence electrons. The average Bonchev–Trinajstić information content (AvgIpc) is 2.58. The predicted molar refractivity (Wildman–Crippen MR) is 95.6 cm³/mol. The van der Waals surface area contributed by atoms with Crippen LogP contribution in [0, 0.1) is 0 Å². The molecule has 0 radical (unpaired) electrons. The number of rotatable bonds is 15. The minimum absolute atomic E-state index is 0.161. The zero-order valence-electron chi connectivity index (χ0n) is 15.3. The quantitative estimate of drug-likeness (QED) is 0.241. The van der Waals surface area contributed by atoms with Crippen LogP contribution in [0.25, 0.3) is 0 Å². The number of aliphatic hydroxyl groups excluding tert-OH is 3. The summed E-state index contributed by atoms with van der Waals surface area (Å²) in [4.78, 5) is 10.9. The van der Waals surface area contributed by atoms with Crippen LogP contribution in [0.5, 0.6) is 0 Å². The molecule has 24 heavy (non-hydrogen) atoms. The number of hydrogen-bond acceptors (Lipinski definition) is 5. The molecule has 0 spiro atoms. The summed E-state index contributed by atoms with van der Waals surface area (Å²) in [5.74, 6) is -0.161. The Kier molecular flexibility index (Phi) is 15.0. The molecule has 0 amide bonds. The van der Waals surface area contributed by atoms with Gasteiger partial charge in [-0.2, -0.15) is 0 Å². The molecule has 0 aromatic heterocycles. The van der Waals surface area contributed by atoms with Crippen LogP contribution in [0.2, 0.25) is 0 Å². The summed E-state index contributed by atoms with van der Waals surface area (Å²) in [5, 5.41) is 29.5. The topological polar surface area (TPSA) is 87.0 Å². The van der Waals surface area contributed by atoms with Crippen molar-refractivity contribution in [3.63, 3.8) is 0 Å². The Morgan fingerprint density at radius 3 is 2.21 bits per heavy atom. The molecule has 0 aliphatic heterocycles. The second-order valence-corrected chi connectivity index (χ2v) is 6.39. The van der Waals surface area contributed by atoms with Crippen LogP contribution in [-0.2, 0) is 9.53 Å². The Balaban J connectivity index is 3.66. The summed E-state index contributed by atoms with van der Waals surface area (Å²) in [6, 6.07) is 0. The number of hydrogen-bond donors (Lipinski definition) is 3. The first-order chi connectivity index (χ1) is 11.5. The van der Waals surface area contributed by atoms with Gasteiger partial charge in [-0.3, -0.25) is 4.79 Å². The predicted octanol–water partition coefficient (Wildman–Crippen LogP) is 3.11. The van der Waals surface area contributed by atoms with E-state index in [9.17, 15) is 20.1 Å². The van der Waals surface area contributed by atoms with Crippen molar-refractivity contribution in [2.75, 3.05) is 7.11 Å². The molecule has 0 aromatic carbocycles. The van der Waals surface area contributed by atoms with Crippen LogP contribution >= 0.6 is 0 Å². The van der Waals surface area contributed by atoms with Crippen molar-refractivity contribution < 1.29 is 24.9 Å². The molecule has 0 heterocycles. The van der Waals surface area contributed by atoms with Gasteiger partial charge in [0, 0.05) is 6.42 Å². The fourth-order valence-corrected chi connectivity index (χ4v) is 2.50. The first kappa shape index (κ1) is 23.1. The lowest BCUT2D eigenvalue weighted by molar-refractivity contribution is -0.140. The zero-order valence-corrected chi connectivity index (χ0v) is 15.3. The molecule has 3 N–H and O–H groups in total. The first-order valence-electron chi connectivity index (χ1n) is 9.30. The van der Waals surface area contributed by atoms with Gasteiger partial charge in [-0.25, -0.2) is 0 Å². The van der Waals surface area contributed by atoms with E-state index in [1.807, 2.05) is 0 Å². The fourth-order valence-electron chi connectivity index (χ4n) is 2.50. The van der Waals surface area contributed by atoms with Crippen molar-refractivity contribution in [1.82, 2.24) is 0 Å². The van der Waals surface area contributed by atoms with E-state index in [-0.39, 0.29) is 5.97 Å². The van der Waals surface area contributed by atoms with E-state index in [2.05, 4.69) is 11.7 Å². The van der Waals surface area contributed by atoms with E-state index >= 15 is 0 Å². The maximum absolute atomic E-state index is 10.9. The molecule has 0 saturated carbocycles. The Hall–Kier alpha value is -0.910. The molecule has 0 aromatic rings. The van der Waals surface area contributed by atoms with E-state index in [4.69, 9.17) is 0 Å². The second-order valence-electron chi connectivity index (χ2n) is 6.39. The van der Waals surface area contributed by atoms with Crippen LogP contribution in [-0.4, -0.2) is 46.7 Å².